The number of nitrogens with one attached hydrogen (secondary N) is 1. The van der Waals surface area contributed by atoms with Crippen molar-refractivity contribution in [3.8, 4) is 17.0 Å². The maximum absolute atomic E-state index is 13.1. The predicted octanol–water partition coefficient (Wildman–Crippen LogP) is 3.07. The molecular formula is C22H24N4O3. The third-order valence-electron chi connectivity index (χ3n) is 5.49. The van der Waals surface area contributed by atoms with E-state index >= 15 is 0 Å². The standard InChI is InChI=1S/C22H24N4O3/c1-29-17-6-4-5-16(13-17)20-18(14-24-25-20)22(28)26-11-8-15(9-12-26)21(27)19-7-2-3-10-23-19/h2-7,10,13-15,21,27H,8-9,11-12H2,1H3,(H,24,25). The maximum Gasteiger partial charge on any atom is 0.257 e. The minimum atomic E-state index is -0.602. The molecule has 0 spiro atoms. The summed E-state index contributed by atoms with van der Waals surface area (Å²) < 4.78 is 5.28. The van der Waals surface area contributed by atoms with Crippen molar-refractivity contribution in [2.75, 3.05) is 20.2 Å². The number of methoxy groups -OCH3 is 1. The van der Waals surface area contributed by atoms with Crippen LogP contribution < -0.4 is 4.74 Å². The molecular weight excluding hydrogens is 368 g/mol. The molecule has 1 amide bonds. The SMILES string of the molecule is COc1cccc(-c2[nH]ncc2C(=O)N2CCC(C(O)c3ccccn3)CC2)c1. The summed E-state index contributed by atoms with van der Waals surface area (Å²) in [6, 6.07) is 13.1. The number of pyridine rings is 1. The van der Waals surface area contributed by atoms with Crippen molar-refractivity contribution in [2.24, 2.45) is 5.92 Å². The second-order valence-corrected chi connectivity index (χ2v) is 7.22. The van der Waals surface area contributed by atoms with Crippen molar-refractivity contribution < 1.29 is 14.6 Å². The van der Waals surface area contributed by atoms with Crippen LogP contribution in [-0.4, -0.2) is 51.3 Å². The summed E-state index contributed by atoms with van der Waals surface area (Å²) in [6.07, 6.45) is 4.13. The van der Waals surface area contributed by atoms with Gasteiger partial charge in [-0.3, -0.25) is 14.9 Å². The van der Waals surface area contributed by atoms with E-state index in [4.69, 9.17) is 4.74 Å². The highest BCUT2D eigenvalue weighted by atomic mass is 16.5. The first-order chi connectivity index (χ1) is 14.2. The summed E-state index contributed by atoms with van der Waals surface area (Å²) in [7, 11) is 1.61. The highest BCUT2D eigenvalue weighted by Gasteiger charge is 2.30. The molecule has 1 aliphatic rings. The number of hydrogen-bond donors (Lipinski definition) is 2. The third-order valence-corrected chi connectivity index (χ3v) is 5.49. The van der Waals surface area contributed by atoms with E-state index in [1.54, 1.807) is 19.5 Å². The number of aliphatic hydroxyl groups is 1. The molecule has 0 radical (unpaired) electrons. The molecule has 1 unspecified atom stereocenters. The molecule has 1 aliphatic heterocycles. The molecule has 1 fully saturated rings. The summed E-state index contributed by atoms with van der Waals surface area (Å²) in [5.41, 5.74) is 2.77. The quantitative estimate of drug-likeness (QED) is 0.696. The third kappa shape index (κ3) is 4.00. The summed E-state index contributed by atoms with van der Waals surface area (Å²) in [6.45, 7) is 1.19. The number of carbonyl (C=O) groups is 1. The highest BCUT2D eigenvalue weighted by Crippen LogP contribution is 2.31. The summed E-state index contributed by atoms with van der Waals surface area (Å²) in [5.74, 6) is 0.762. The van der Waals surface area contributed by atoms with E-state index in [-0.39, 0.29) is 11.8 Å². The van der Waals surface area contributed by atoms with Crippen LogP contribution in [0.5, 0.6) is 5.75 Å². The maximum atomic E-state index is 13.1. The van der Waals surface area contributed by atoms with Crippen molar-refractivity contribution in [1.29, 1.82) is 0 Å². The molecule has 0 aliphatic carbocycles. The lowest BCUT2D eigenvalue weighted by Gasteiger charge is -2.34. The Hall–Kier alpha value is -3.19. The number of rotatable bonds is 5. The second-order valence-electron chi connectivity index (χ2n) is 7.22. The van der Waals surface area contributed by atoms with Crippen LogP contribution in [0.25, 0.3) is 11.3 Å². The molecule has 1 atom stereocenters. The molecule has 3 heterocycles. The number of amides is 1. The van der Waals surface area contributed by atoms with Gasteiger partial charge in [0.2, 0.25) is 0 Å². The number of ether oxygens (including phenoxy) is 1. The number of piperidine rings is 1. The Kier molecular flexibility index (Phi) is 5.57. The topological polar surface area (TPSA) is 91.3 Å². The van der Waals surface area contributed by atoms with E-state index < -0.39 is 6.10 Å². The van der Waals surface area contributed by atoms with Gasteiger partial charge in [0, 0.05) is 24.8 Å². The Morgan fingerprint density at radius 2 is 2.07 bits per heavy atom. The number of nitrogens with zero attached hydrogens (tertiary/aromatic N) is 3. The Bertz CT molecular complexity index is 965. The van der Waals surface area contributed by atoms with Gasteiger partial charge in [-0.05, 0) is 43.0 Å². The van der Waals surface area contributed by atoms with E-state index in [0.29, 0.717) is 30.0 Å². The van der Waals surface area contributed by atoms with E-state index in [1.165, 1.54) is 0 Å². The van der Waals surface area contributed by atoms with Crippen molar-refractivity contribution in [3.05, 3.63) is 66.1 Å². The molecule has 7 heteroatoms. The molecule has 150 valence electrons. The van der Waals surface area contributed by atoms with E-state index in [9.17, 15) is 9.90 Å². The van der Waals surface area contributed by atoms with E-state index in [0.717, 1.165) is 24.2 Å². The fourth-order valence-corrected chi connectivity index (χ4v) is 3.83. The van der Waals surface area contributed by atoms with E-state index in [1.807, 2.05) is 47.4 Å². The van der Waals surface area contributed by atoms with Crippen LogP contribution in [0.2, 0.25) is 0 Å². The molecule has 1 aromatic carbocycles. The number of carbonyl (C=O) groups excluding carboxylic acids is 1. The minimum absolute atomic E-state index is 0.0534. The Morgan fingerprint density at radius 1 is 1.24 bits per heavy atom. The summed E-state index contributed by atoms with van der Waals surface area (Å²) >= 11 is 0. The van der Waals surface area contributed by atoms with Gasteiger partial charge >= 0.3 is 0 Å². The fraction of sp³-hybridized carbons (Fsp3) is 0.318. The molecule has 2 aromatic heterocycles. The number of aliphatic hydroxyl groups excluding tert-OH is 1. The first-order valence-electron chi connectivity index (χ1n) is 9.73. The Morgan fingerprint density at radius 3 is 2.79 bits per heavy atom. The number of benzene rings is 1. The van der Waals surface area contributed by atoms with Crippen molar-refractivity contribution in [1.82, 2.24) is 20.1 Å². The summed E-state index contributed by atoms with van der Waals surface area (Å²) in [5, 5.41) is 17.6. The van der Waals surface area contributed by atoms with Crippen LogP contribution in [0.1, 0.15) is 35.0 Å². The zero-order valence-electron chi connectivity index (χ0n) is 16.3. The van der Waals surface area contributed by atoms with Gasteiger partial charge in [-0.2, -0.15) is 5.10 Å². The molecule has 2 N–H and O–H groups in total. The first kappa shape index (κ1) is 19.1. The zero-order valence-corrected chi connectivity index (χ0v) is 16.3. The average molecular weight is 392 g/mol. The van der Waals surface area contributed by atoms with Crippen LogP contribution in [0.15, 0.2) is 54.9 Å². The molecule has 29 heavy (non-hydrogen) atoms. The van der Waals surface area contributed by atoms with Gasteiger partial charge < -0.3 is 14.7 Å². The molecule has 1 saturated heterocycles. The lowest BCUT2D eigenvalue weighted by Crippen LogP contribution is -2.40. The van der Waals surface area contributed by atoms with Crippen LogP contribution in [-0.2, 0) is 0 Å². The monoisotopic (exact) mass is 392 g/mol. The average Bonchev–Trinajstić information content (AvgIpc) is 3.29. The Labute approximate surface area is 169 Å². The highest BCUT2D eigenvalue weighted by molar-refractivity contribution is 5.99. The van der Waals surface area contributed by atoms with Crippen molar-refractivity contribution in [2.45, 2.75) is 18.9 Å². The van der Waals surface area contributed by atoms with Crippen LogP contribution in [0.3, 0.4) is 0 Å². The molecule has 4 rings (SSSR count). The van der Waals surface area contributed by atoms with Gasteiger partial charge in [0.15, 0.2) is 0 Å². The van der Waals surface area contributed by atoms with Gasteiger partial charge in [0.05, 0.1) is 36.4 Å². The largest absolute Gasteiger partial charge is 0.497 e. The van der Waals surface area contributed by atoms with Gasteiger partial charge in [0.1, 0.15) is 5.75 Å². The summed E-state index contributed by atoms with van der Waals surface area (Å²) in [4.78, 5) is 19.2. The number of aromatic amines is 1. The molecule has 0 saturated carbocycles. The lowest BCUT2D eigenvalue weighted by atomic mass is 9.89. The first-order valence-corrected chi connectivity index (χ1v) is 9.73. The number of aromatic nitrogens is 3. The number of H-pyrrole nitrogens is 1. The van der Waals surface area contributed by atoms with E-state index in [2.05, 4.69) is 15.2 Å². The van der Waals surface area contributed by atoms with Crippen molar-refractivity contribution >= 4 is 5.91 Å². The van der Waals surface area contributed by atoms with Gasteiger partial charge in [-0.1, -0.05) is 18.2 Å². The molecule has 3 aromatic rings. The molecule has 0 bridgehead atoms. The van der Waals surface area contributed by atoms with Gasteiger partial charge in [-0.25, -0.2) is 0 Å². The number of likely N-dealkylation sites (tertiary alicyclic amines) is 1. The fourth-order valence-electron chi connectivity index (χ4n) is 3.83. The lowest BCUT2D eigenvalue weighted by molar-refractivity contribution is 0.0448. The van der Waals surface area contributed by atoms with Crippen LogP contribution in [0, 0.1) is 5.92 Å². The minimum Gasteiger partial charge on any atom is -0.497 e. The second kappa shape index (κ2) is 8.45. The van der Waals surface area contributed by atoms with Gasteiger partial charge in [-0.15, -0.1) is 0 Å². The van der Waals surface area contributed by atoms with Crippen LogP contribution >= 0.6 is 0 Å². The number of hydrogen-bond acceptors (Lipinski definition) is 5. The zero-order chi connectivity index (χ0) is 20.2. The molecule has 7 nitrogen and oxygen atoms in total. The predicted molar refractivity (Wildman–Crippen MR) is 108 cm³/mol. The smallest absolute Gasteiger partial charge is 0.257 e. The van der Waals surface area contributed by atoms with Gasteiger partial charge in [0.25, 0.3) is 5.91 Å². The van der Waals surface area contributed by atoms with Crippen molar-refractivity contribution in [3.63, 3.8) is 0 Å². The van der Waals surface area contributed by atoms with Crippen LogP contribution in [0.4, 0.5) is 0 Å². The Balaban J connectivity index is 1.45. The normalized spacial score (nSPS) is 15.9.